The largest absolute Gasteiger partial charge is 0.385 e. The minimum absolute atomic E-state index is 0.0888. The van der Waals surface area contributed by atoms with E-state index in [1.165, 1.54) is 6.07 Å². The molecule has 0 saturated carbocycles. The van der Waals surface area contributed by atoms with Crippen molar-refractivity contribution in [2.45, 2.75) is 18.9 Å². The molecule has 112 valence electrons. The zero-order valence-corrected chi connectivity index (χ0v) is 14.0. The number of halogens is 5. The molecule has 0 saturated heterocycles. The first-order chi connectivity index (χ1) is 9.70. The van der Waals surface area contributed by atoms with Crippen LogP contribution in [0.1, 0.15) is 18.1 Å². The lowest BCUT2D eigenvalue weighted by Crippen LogP contribution is -2.25. The van der Waals surface area contributed by atoms with Gasteiger partial charge in [-0.3, -0.25) is 0 Å². The summed E-state index contributed by atoms with van der Waals surface area (Å²) in [4.78, 5) is 0. The van der Waals surface area contributed by atoms with Crippen molar-refractivity contribution in [2.75, 3.05) is 0 Å². The fourth-order valence-corrected chi connectivity index (χ4v) is 2.99. The first-order valence-electron chi connectivity index (χ1n) is 6.02. The molecule has 0 aromatic heterocycles. The van der Waals surface area contributed by atoms with Gasteiger partial charge < -0.3 is 5.11 Å². The number of benzene rings is 2. The third kappa shape index (κ3) is 3.82. The predicted molar refractivity (Wildman–Crippen MR) is 86.2 cm³/mol. The minimum Gasteiger partial charge on any atom is -0.385 e. The summed E-state index contributed by atoms with van der Waals surface area (Å²) in [6.45, 7) is 1.55. The third-order valence-electron chi connectivity index (χ3n) is 3.12. The molecule has 0 spiro atoms. The second kappa shape index (κ2) is 6.31. The maximum absolute atomic E-state index is 13.6. The molecule has 21 heavy (non-hydrogen) atoms. The highest BCUT2D eigenvalue weighted by Crippen LogP contribution is 2.35. The normalized spacial score (nSPS) is 14.0. The van der Waals surface area contributed by atoms with Crippen molar-refractivity contribution in [3.63, 3.8) is 0 Å². The summed E-state index contributed by atoms with van der Waals surface area (Å²) < 4.78 is 13.6. The molecule has 2 aromatic rings. The lowest BCUT2D eigenvalue weighted by Gasteiger charge is -2.25. The van der Waals surface area contributed by atoms with Gasteiger partial charge in [0.15, 0.2) is 0 Å². The molecule has 0 aliphatic carbocycles. The van der Waals surface area contributed by atoms with Crippen LogP contribution in [0.4, 0.5) is 4.39 Å². The number of hydrogen-bond acceptors (Lipinski definition) is 1. The number of rotatable bonds is 3. The van der Waals surface area contributed by atoms with E-state index in [0.29, 0.717) is 10.0 Å². The van der Waals surface area contributed by atoms with Gasteiger partial charge in [0.2, 0.25) is 0 Å². The topological polar surface area (TPSA) is 20.2 Å². The molecule has 6 heteroatoms. The molecule has 0 heterocycles. The summed E-state index contributed by atoms with van der Waals surface area (Å²) >= 11 is 23.5. The van der Waals surface area contributed by atoms with Crippen LogP contribution in [0.3, 0.4) is 0 Å². The predicted octanol–water partition coefficient (Wildman–Crippen LogP) is 5.89. The molecule has 0 fully saturated rings. The van der Waals surface area contributed by atoms with E-state index in [-0.39, 0.29) is 22.0 Å². The zero-order valence-electron chi connectivity index (χ0n) is 10.9. The quantitative estimate of drug-likeness (QED) is 0.670. The van der Waals surface area contributed by atoms with Crippen molar-refractivity contribution in [3.05, 3.63) is 67.4 Å². The first kappa shape index (κ1) is 16.9. The lowest BCUT2D eigenvalue weighted by molar-refractivity contribution is 0.0574. The average Bonchev–Trinajstić information content (AvgIpc) is 2.37. The summed E-state index contributed by atoms with van der Waals surface area (Å²) in [6, 6.07) is 7.44. The fourth-order valence-electron chi connectivity index (χ4n) is 2.08. The SMILES string of the molecule is CC(O)(Cc1ccc(Cl)c(Cl)c1)c1cc(F)c(Cl)cc1Cl. The Bertz CT molecular complexity index is 686. The highest BCUT2D eigenvalue weighted by atomic mass is 35.5. The van der Waals surface area contributed by atoms with E-state index >= 15 is 0 Å². The lowest BCUT2D eigenvalue weighted by atomic mass is 9.89. The van der Waals surface area contributed by atoms with E-state index in [1.54, 1.807) is 25.1 Å². The van der Waals surface area contributed by atoms with E-state index in [9.17, 15) is 9.50 Å². The Morgan fingerprint density at radius 1 is 0.952 bits per heavy atom. The van der Waals surface area contributed by atoms with Gasteiger partial charge in [-0.1, -0.05) is 52.5 Å². The summed E-state index contributed by atoms with van der Waals surface area (Å²) in [5.41, 5.74) is -0.363. The monoisotopic (exact) mass is 366 g/mol. The van der Waals surface area contributed by atoms with Crippen molar-refractivity contribution in [3.8, 4) is 0 Å². The van der Waals surface area contributed by atoms with Crippen LogP contribution in [0.25, 0.3) is 0 Å². The molecule has 0 aliphatic heterocycles. The van der Waals surface area contributed by atoms with Crippen molar-refractivity contribution >= 4 is 46.4 Å². The summed E-state index contributed by atoms with van der Waals surface area (Å²) in [5, 5.41) is 11.6. The van der Waals surface area contributed by atoms with Gasteiger partial charge in [-0.2, -0.15) is 0 Å². The van der Waals surface area contributed by atoms with E-state index in [4.69, 9.17) is 46.4 Å². The van der Waals surface area contributed by atoms with Crippen molar-refractivity contribution in [1.82, 2.24) is 0 Å². The van der Waals surface area contributed by atoms with Gasteiger partial charge >= 0.3 is 0 Å². The van der Waals surface area contributed by atoms with Crippen LogP contribution in [0.15, 0.2) is 30.3 Å². The van der Waals surface area contributed by atoms with Crippen molar-refractivity contribution < 1.29 is 9.50 Å². The van der Waals surface area contributed by atoms with E-state index in [1.807, 2.05) is 0 Å². The molecule has 1 unspecified atom stereocenters. The Morgan fingerprint density at radius 3 is 2.24 bits per heavy atom. The van der Waals surface area contributed by atoms with Crippen molar-refractivity contribution in [2.24, 2.45) is 0 Å². The maximum atomic E-state index is 13.6. The van der Waals surface area contributed by atoms with Crippen LogP contribution in [0.2, 0.25) is 20.1 Å². The Hall–Kier alpha value is -0.510. The molecular weight excluding hydrogens is 357 g/mol. The van der Waals surface area contributed by atoms with E-state index < -0.39 is 11.4 Å². The third-order valence-corrected chi connectivity index (χ3v) is 4.46. The van der Waals surface area contributed by atoms with Crippen LogP contribution in [0.5, 0.6) is 0 Å². The Labute approximate surface area is 142 Å². The van der Waals surface area contributed by atoms with Crippen LogP contribution < -0.4 is 0 Å². The van der Waals surface area contributed by atoms with Gasteiger partial charge in [-0.05, 0) is 36.8 Å². The van der Waals surface area contributed by atoms with Gasteiger partial charge in [-0.15, -0.1) is 0 Å². The molecule has 0 aliphatic rings. The maximum Gasteiger partial charge on any atom is 0.142 e. The molecule has 0 amide bonds. The Balaban J connectivity index is 2.37. The van der Waals surface area contributed by atoms with Crippen LogP contribution in [0, 0.1) is 5.82 Å². The average molecular weight is 368 g/mol. The molecule has 0 bridgehead atoms. The standard InChI is InChI=1S/C15H11Cl4FO/c1-15(21,7-8-2-3-10(16)12(18)4-8)9-5-14(20)13(19)6-11(9)17/h2-6,21H,7H2,1H3. The second-order valence-corrected chi connectivity index (χ2v) is 6.57. The Morgan fingerprint density at radius 2 is 1.62 bits per heavy atom. The summed E-state index contributed by atoms with van der Waals surface area (Å²) in [6.07, 6.45) is 0.199. The van der Waals surface area contributed by atoms with Gasteiger partial charge in [0.05, 0.1) is 20.7 Å². The summed E-state index contributed by atoms with van der Waals surface area (Å²) in [5.74, 6) is -0.634. The highest BCUT2D eigenvalue weighted by Gasteiger charge is 2.27. The van der Waals surface area contributed by atoms with E-state index in [2.05, 4.69) is 0 Å². The fraction of sp³-hybridized carbons (Fsp3) is 0.200. The van der Waals surface area contributed by atoms with Crippen LogP contribution >= 0.6 is 46.4 Å². The summed E-state index contributed by atoms with van der Waals surface area (Å²) in [7, 11) is 0. The van der Waals surface area contributed by atoms with Gasteiger partial charge in [0.25, 0.3) is 0 Å². The van der Waals surface area contributed by atoms with E-state index in [0.717, 1.165) is 11.6 Å². The van der Waals surface area contributed by atoms with Crippen molar-refractivity contribution in [1.29, 1.82) is 0 Å². The number of hydrogen-bond donors (Lipinski definition) is 1. The molecule has 2 rings (SSSR count). The smallest absolute Gasteiger partial charge is 0.142 e. The van der Waals surface area contributed by atoms with Gasteiger partial charge in [0, 0.05) is 17.0 Å². The molecule has 1 N–H and O–H groups in total. The second-order valence-electron chi connectivity index (χ2n) is 4.95. The Kier molecular flexibility index (Phi) is 5.07. The molecule has 2 aromatic carbocycles. The number of aliphatic hydroxyl groups is 1. The van der Waals surface area contributed by atoms with Gasteiger partial charge in [0.1, 0.15) is 5.82 Å². The van der Waals surface area contributed by atoms with Crippen LogP contribution in [-0.4, -0.2) is 5.11 Å². The zero-order chi connectivity index (χ0) is 15.8. The van der Waals surface area contributed by atoms with Crippen LogP contribution in [-0.2, 0) is 12.0 Å². The molecular formula is C15H11Cl4FO. The minimum atomic E-state index is -1.38. The molecule has 1 nitrogen and oxygen atoms in total. The highest BCUT2D eigenvalue weighted by molar-refractivity contribution is 6.42. The van der Waals surface area contributed by atoms with Gasteiger partial charge in [-0.25, -0.2) is 4.39 Å². The molecule has 0 radical (unpaired) electrons. The first-order valence-corrected chi connectivity index (χ1v) is 7.53. The molecule has 1 atom stereocenters.